The second-order valence-corrected chi connectivity index (χ2v) is 9.53. The highest BCUT2D eigenvalue weighted by Crippen LogP contribution is 2.17. The maximum absolute atomic E-state index is 5.93. The summed E-state index contributed by atoms with van der Waals surface area (Å²) in [7, 11) is -0.989. The number of hydrogen-bond donors (Lipinski definition) is 0. The molecule has 0 aliphatic carbocycles. The highest BCUT2D eigenvalue weighted by molar-refractivity contribution is 6.84. The molecule has 1 unspecified atom stereocenters. The molecule has 0 amide bonds. The van der Waals surface area contributed by atoms with Gasteiger partial charge in [-0.25, -0.2) is 0 Å². The molecule has 0 aromatic rings. The van der Waals surface area contributed by atoms with Gasteiger partial charge >= 0.3 is 0 Å². The number of alkyl halides is 1. The Morgan fingerprint density at radius 1 is 1.50 bits per heavy atom. The lowest BCUT2D eigenvalue weighted by Crippen LogP contribution is -2.34. The Balaban J connectivity index is 3.71. The summed E-state index contributed by atoms with van der Waals surface area (Å²) < 4.78 is 0. The van der Waals surface area contributed by atoms with Gasteiger partial charge in [0.25, 0.3) is 0 Å². The van der Waals surface area contributed by atoms with Crippen molar-refractivity contribution in [3.63, 3.8) is 0 Å². The van der Waals surface area contributed by atoms with Crippen LogP contribution in [-0.2, 0) is 0 Å². The van der Waals surface area contributed by atoms with Gasteiger partial charge in [-0.2, -0.15) is 0 Å². The molecule has 2 heteroatoms. The number of hydrogen-bond acceptors (Lipinski definition) is 0. The molecule has 50 valence electrons. The van der Waals surface area contributed by atoms with Crippen LogP contribution >= 0.6 is 11.6 Å². The van der Waals surface area contributed by atoms with E-state index < -0.39 is 8.07 Å². The van der Waals surface area contributed by atoms with Crippen LogP contribution in [0.5, 0.6) is 0 Å². The Hall–Kier alpha value is 0.507. The smallest absolute Gasteiger partial charge is 0.0672 e. The first kappa shape index (κ1) is 8.51. The lowest BCUT2D eigenvalue weighted by molar-refractivity contribution is 1.20. The van der Waals surface area contributed by atoms with Gasteiger partial charge in [0.1, 0.15) is 0 Å². The maximum atomic E-state index is 5.93. The fraction of sp³-hybridized carbons (Fsp3) is 1.00. The van der Waals surface area contributed by atoms with E-state index in [-0.39, 0.29) is 0 Å². The molecule has 0 rings (SSSR count). The molecule has 0 bridgehead atoms. The average molecular weight is 151 g/mol. The van der Waals surface area contributed by atoms with Crippen LogP contribution in [0.4, 0.5) is 0 Å². The van der Waals surface area contributed by atoms with Crippen LogP contribution in [0.1, 0.15) is 13.8 Å². The first-order valence-electron chi connectivity index (χ1n) is 3.14. The molecule has 8 heavy (non-hydrogen) atoms. The molecule has 0 nitrogen and oxygen atoms in total. The predicted octanol–water partition coefficient (Wildman–Crippen LogP) is 2.88. The summed E-state index contributed by atoms with van der Waals surface area (Å²) in [5.41, 5.74) is 0. The monoisotopic (exact) mass is 150 g/mol. The third-order valence-electron chi connectivity index (χ3n) is 1.99. The summed E-state index contributed by atoms with van der Waals surface area (Å²) in [5, 5.41) is 0.424. The summed E-state index contributed by atoms with van der Waals surface area (Å²) >= 11 is 5.93. The predicted molar refractivity (Wildman–Crippen MR) is 43.3 cm³/mol. The van der Waals surface area contributed by atoms with Crippen LogP contribution in [0.15, 0.2) is 0 Å². The topological polar surface area (TPSA) is 0 Å². The van der Waals surface area contributed by atoms with E-state index in [1.807, 2.05) is 0 Å². The van der Waals surface area contributed by atoms with Crippen molar-refractivity contribution in [2.45, 2.75) is 38.0 Å². The molecule has 0 aliphatic heterocycles. The third-order valence-corrected chi connectivity index (χ3v) is 7.74. The first-order chi connectivity index (χ1) is 3.50. The van der Waals surface area contributed by atoms with E-state index in [1.54, 1.807) is 0 Å². The van der Waals surface area contributed by atoms with Crippen molar-refractivity contribution < 1.29 is 0 Å². The quantitative estimate of drug-likeness (QED) is 0.420. The lowest BCUT2D eigenvalue weighted by Gasteiger charge is -2.22. The molecule has 0 fully saturated rings. The minimum Gasteiger partial charge on any atom is -0.127 e. The van der Waals surface area contributed by atoms with Crippen molar-refractivity contribution in [1.82, 2.24) is 0 Å². The van der Waals surface area contributed by atoms with Gasteiger partial charge in [-0.15, -0.1) is 11.6 Å². The van der Waals surface area contributed by atoms with Crippen molar-refractivity contribution in [2.75, 3.05) is 0 Å². The van der Waals surface area contributed by atoms with Gasteiger partial charge in [0.2, 0.25) is 0 Å². The molecule has 0 aliphatic rings. The second-order valence-electron chi connectivity index (χ2n) is 2.96. The van der Waals surface area contributed by atoms with Crippen LogP contribution in [-0.4, -0.2) is 13.1 Å². The Morgan fingerprint density at radius 3 is 1.88 bits per heavy atom. The molecule has 0 N–H and O–H groups in total. The van der Waals surface area contributed by atoms with Crippen molar-refractivity contribution in [2.24, 2.45) is 0 Å². The van der Waals surface area contributed by atoms with Gasteiger partial charge < -0.3 is 0 Å². The molecule has 0 spiro atoms. The van der Waals surface area contributed by atoms with Gasteiger partial charge in [-0.05, 0) is 0 Å². The summed E-state index contributed by atoms with van der Waals surface area (Å²) in [4.78, 5) is 0. The summed E-state index contributed by atoms with van der Waals surface area (Å²) in [6.07, 6.45) is 0. The van der Waals surface area contributed by atoms with E-state index in [1.165, 1.54) is 6.04 Å². The van der Waals surface area contributed by atoms with Crippen molar-refractivity contribution >= 4 is 19.7 Å². The van der Waals surface area contributed by atoms with E-state index >= 15 is 0 Å². The summed E-state index contributed by atoms with van der Waals surface area (Å²) in [6, 6.07) is 1.29. The Labute approximate surface area is 58.2 Å². The molecule has 0 saturated carbocycles. The van der Waals surface area contributed by atoms with Crippen molar-refractivity contribution in [3.8, 4) is 0 Å². The maximum Gasteiger partial charge on any atom is 0.0672 e. The van der Waals surface area contributed by atoms with E-state index in [0.717, 1.165) is 0 Å². The standard InChI is InChI=1S/C6H15ClSi/c1-5-8(3,4)6(2)7/h6H,5H2,1-4H3. The molecule has 0 heterocycles. The van der Waals surface area contributed by atoms with Crippen LogP contribution in [0, 0.1) is 0 Å². The minimum atomic E-state index is -0.989. The highest BCUT2D eigenvalue weighted by atomic mass is 35.5. The zero-order chi connectivity index (χ0) is 6.78. The molecule has 1 atom stereocenters. The van der Waals surface area contributed by atoms with Crippen molar-refractivity contribution in [3.05, 3.63) is 0 Å². The SMILES string of the molecule is CC[Si](C)(C)C(C)Cl. The van der Waals surface area contributed by atoms with Gasteiger partial charge in [-0.3, -0.25) is 0 Å². The first-order valence-corrected chi connectivity index (χ1v) is 6.87. The Bertz CT molecular complexity index is 68.9. The van der Waals surface area contributed by atoms with Crippen LogP contribution in [0.2, 0.25) is 19.1 Å². The van der Waals surface area contributed by atoms with Gasteiger partial charge in [0, 0.05) is 5.00 Å². The lowest BCUT2D eigenvalue weighted by atomic mass is 10.9. The fourth-order valence-corrected chi connectivity index (χ4v) is 1.31. The van der Waals surface area contributed by atoms with Crippen LogP contribution in [0.3, 0.4) is 0 Å². The largest absolute Gasteiger partial charge is 0.127 e. The average Bonchev–Trinajstić information content (AvgIpc) is 1.67. The van der Waals surface area contributed by atoms with E-state index in [2.05, 4.69) is 26.9 Å². The summed E-state index contributed by atoms with van der Waals surface area (Å²) in [5.74, 6) is 0. The van der Waals surface area contributed by atoms with Crippen LogP contribution < -0.4 is 0 Å². The summed E-state index contributed by atoms with van der Waals surface area (Å²) in [6.45, 7) is 8.98. The molecule has 0 aromatic carbocycles. The van der Waals surface area contributed by atoms with Crippen molar-refractivity contribution in [1.29, 1.82) is 0 Å². The Morgan fingerprint density at radius 2 is 1.88 bits per heavy atom. The number of halogens is 1. The van der Waals surface area contributed by atoms with Gasteiger partial charge in [-0.1, -0.05) is 33.0 Å². The molecule has 0 saturated heterocycles. The zero-order valence-corrected chi connectivity index (χ0v) is 7.92. The molecule has 0 radical (unpaired) electrons. The van der Waals surface area contributed by atoms with E-state index in [9.17, 15) is 0 Å². The second kappa shape index (κ2) is 2.88. The Kier molecular flexibility index (Phi) is 3.06. The van der Waals surface area contributed by atoms with Crippen LogP contribution in [0.25, 0.3) is 0 Å². The highest BCUT2D eigenvalue weighted by Gasteiger charge is 2.23. The van der Waals surface area contributed by atoms with E-state index in [4.69, 9.17) is 11.6 Å². The zero-order valence-electron chi connectivity index (χ0n) is 6.16. The number of rotatable bonds is 2. The molecular weight excluding hydrogens is 136 g/mol. The minimum absolute atomic E-state index is 0.424. The normalized spacial score (nSPS) is 16.1. The van der Waals surface area contributed by atoms with Gasteiger partial charge in [0.15, 0.2) is 0 Å². The molecule has 0 aromatic heterocycles. The molecular formula is C6H15ClSi. The fourth-order valence-electron chi connectivity index (χ4n) is 0.281. The third kappa shape index (κ3) is 2.18. The van der Waals surface area contributed by atoms with E-state index in [0.29, 0.717) is 5.00 Å². The van der Waals surface area contributed by atoms with Gasteiger partial charge in [0.05, 0.1) is 8.07 Å².